The number of halogens is 2. The lowest BCUT2D eigenvalue weighted by atomic mass is 10.2. The Labute approximate surface area is 134 Å². The van der Waals surface area contributed by atoms with Crippen molar-refractivity contribution in [1.82, 2.24) is 15.0 Å². The zero-order valence-electron chi connectivity index (χ0n) is 11.0. The topological polar surface area (TPSA) is 59.9 Å². The summed E-state index contributed by atoms with van der Waals surface area (Å²) in [7, 11) is 1.74. The molecule has 3 aromatic rings. The third-order valence-electron chi connectivity index (χ3n) is 2.82. The molecule has 3 rings (SSSR count). The van der Waals surface area contributed by atoms with E-state index in [9.17, 15) is 0 Å². The zero-order chi connectivity index (χ0) is 14.8. The molecule has 106 valence electrons. The molecular formula is C14H10BrClN4O. The smallest absolute Gasteiger partial charge is 0.238 e. The van der Waals surface area contributed by atoms with Crippen molar-refractivity contribution in [3.05, 3.63) is 46.2 Å². The number of nitrogens with one attached hydrogen (secondary N) is 1. The molecule has 2 heterocycles. The van der Waals surface area contributed by atoms with E-state index in [-0.39, 0.29) is 0 Å². The van der Waals surface area contributed by atoms with E-state index in [0.29, 0.717) is 32.6 Å². The molecule has 0 radical (unpaired) electrons. The highest BCUT2D eigenvalue weighted by molar-refractivity contribution is 9.10. The fourth-order valence-electron chi connectivity index (χ4n) is 1.84. The van der Waals surface area contributed by atoms with Crippen LogP contribution in [-0.2, 0) is 0 Å². The largest absolute Gasteiger partial charge is 0.435 e. The van der Waals surface area contributed by atoms with E-state index >= 15 is 0 Å². The Morgan fingerprint density at radius 1 is 1.24 bits per heavy atom. The van der Waals surface area contributed by atoms with Crippen LogP contribution in [0.5, 0.6) is 11.6 Å². The Kier molecular flexibility index (Phi) is 3.90. The highest BCUT2D eigenvalue weighted by atomic mass is 79.9. The number of benzene rings is 1. The maximum Gasteiger partial charge on any atom is 0.238 e. The number of anilines is 1. The predicted molar refractivity (Wildman–Crippen MR) is 86.1 cm³/mol. The monoisotopic (exact) mass is 364 g/mol. The number of nitrogens with zero attached hydrogens (tertiary/aromatic N) is 3. The molecule has 0 spiro atoms. The minimum Gasteiger partial charge on any atom is -0.435 e. The van der Waals surface area contributed by atoms with Crippen molar-refractivity contribution < 1.29 is 4.74 Å². The second-order valence-electron chi connectivity index (χ2n) is 4.14. The molecule has 0 bridgehead atoms. The molecule has 1 aromatic carbocycles. The predicted octanol–water partition coefficient (Wildman–Crippen LogP) is 4.27. The first-order chi connectivity index (χ1) is 10.2. The third kappa shape index (κ3) is 2.77. The molecule has 0 fully saturated rings. The van der Waals surface area contributed by atoms with Crippen LogP contribution in [0, 0.1) is 0 Å². The van der Waals surface area contributed by atoms with Crippen LogP contribution in [0.1, 0.15) is 0 Å². The van der Waals surface area contributed by atoms with E-state index < -0.39 is 0 Å². The molecule has 0 aliphatic rings. The lowest BCUT2D eigenvalue weighted by molar-refractivity contribution is 0.463. The fourth-order valence-corrected chi connectivity index (χ4v) is 2.33. The van der Waals surface area contributed by atoms with Gasteiger partial charge in [0.15, 0.2) is 5.75 Å². The Balaban J connectivity index is 2.08. The van der Waals surface area contributed by atoms with Gasteiger partial charge in [-0.15, -0.1) is 0 Å². The average molecular weight is 366 g/mol. The van der Waals surface area contributed by atoms with Gasteiger partial charge < -0.3 is 10.1 Å². The Bertz CT molecular complexity index is 812. The van der Waals surface area contributed by atoms with Crippen LogP contribution >= 0.6 is 27.5 Å². The number of hydrogen-bond donors (Lipinski definition) is 1. The molecule has 0 saturated carbocycles. The molecule has 0 aliphatic carbocycles. The molecule has 5 nitrogen and oxygen atoms in total. The van der Waals surface area contributed by atoms with Crippen molar-refractivity contribution >= 4 is 44.4 Å². The van der Waals surface area contributed by atoms with Crippen molar-refractivity contribution in [3.63, 3.8) is 0 Å². The van der Waals surface area contributed by atoms with E-state index in [0.717, 1.165) is 5.39 Å². The average Bonchev–Trinajstić information content (AvgIpc) is 2.52. The van der Waals surface area contributed by atoms with Crippen LogP contribution in [0.15, 0.2) is 41.1 Å². The fraction of sp³-hybridized carbons (Fsp3) is 0.0714. The minimum absolute atomic E-state index is 0.406. The molecule has 0 unspecified atom stereocenters. The minimum atomic E-state index is 0.406. The molecular weight excluding hydrogens is 356 g/mol. The van der Waals surface area contributed by atoms with Gasteiger partial charge in [0, 0.05) is 18.6 Å². The number of fused-ring (bicyclic) bond motifs is 1. The normalized spacial score (nSPS) is 10.6. The van der Waals surface area contributed by atoms with Gasteiger partial charge in [-0.05, 0) is 40.2 Å². The highest BCUT2D eigenvalue weighted by Crippen LogP contribution is 2.34. The standard InChI is InChI=1S/C14H10BrClN4O/c1-17-14-19-7-9(15)13(20-14)21-11-5-4-10(16)8-3-2-6-18-12(8)11/h2-7H,1H3,(H,17,19,20). The van der Waals surface area contributed by atoms with Gasteiger partial charge in [-0.2, -0.15) is 4.98 Å². The molecule has 21 heavy (non-hydrogen) atoms. The highest BCUT2D eigenvalue weighted by Gasteiger charge is 2.11. The van der Waals surface area contributed by atoms with Gasteiger partial charge in [-0.1, -0.05) is 11.6 Å². The SMILES string of the molecule is CNc1ncc(Br)c(Oc2ccc(Cl)c3cccnc23)n1. The Morgan fingerprint density at radius 3 is 2.90 bits per heavy atom. The summed E-state index contributed by atoms with van der Waals surface area (Å²) < 4.78 is 6.51. The molecule has 1 N–H and O–H groups in total. The molecule has 0 amide bonds. The number of hydrogen-bond acceptors (Lipinski definition) is 5. The van der Waals surface area contributed by atoms with Crippen molar-refractivity contribution in [2.24, 2.45) is 0 Å². The maximum atomic E-state index is 6.17. The molecule has 7 heteroatoms. The number of aromatic nitrogens is 3. The van der Waals surface area contributed by atoms with Crippen LogP contribution < -0.4 is 10.1 Å². The van der Waals surface area contributed by atoms with Gasteiger partial charge >= 0.3 is 0 Å². The maximum absolute atomic E-state index is 6.17. The third-order valence-corrected chi connectivity index (χ3v) is 3.70. The van der Waals surface area contributed by atoms with E-state index in [4.69, 9.17) is 16.3 Å². The molecule has 0 aliphatic heterocycles. The first kappa shape index (κ1) is 14.0. The van der Waals surface area contributed by atoms with Crippen molar-refractivity contribution in [2.75, 3.05) is 12.4 Å². The first-order valence-electron chi connectivity index (χ1n) is 6.10. The van der Waals surface area contributed by atoms with Crippen LogP contribution in [0.3, 0.4) is 0 Å². The van der Waals surface area contributed by atoms with Crippen LogP contribution in [0.4, 0.5) is 5.95 Å². The molecule has 0 saturated heterocycles. The van der Waals surface area contributed by atoms with Crippen molar-refractivity contribution in [3.8, 4) is 11.6 Å². The second-order valence-corrected chi connectivity index (χ2v) is 5.41. The summed E-state index contributed by atoms with van der Waals surface area (Å²) >= 11 is 9.54. The molecule has 0 atom stereocenters. The quantitative estimate of drug-likeness (QED) is 0.751. The van der Waals surface area contributed by atoms with E-state index in [2.05, 4.69) is 36.2 Å². The first-order valence-corrected chi connectivity index (χ1v) is 7.27. The molecule has 2 aromatic heterocycles. The van der Waals surface area contributed by atoms with Crippen LogP contribution in [-0.4, -0.2) is 22.0 Å². The summed E-state index contributed by atoms with van der Waals surface area (Å²) in [5.41, 5.74) is 0.682. The second kappa shape index (κ2) is 5.83. The van der Waals surface area contributed by atoms with Gasteiger partial charge in [0.2, 0.25) is 11.8 Å². The summed E-state index contributed by atoms with van der Waals surface area (Å²) in [5.74, 6) is 1.46. The lowest BCUT2D eigenvalue weighted by Gasteiger charge is -2.10. The number of pyridine rings is 1. The van der Waals surface area contributed by atoms with Gasteiger partial charge in [0.25, 0.3) is 0 Å². The van der Waals surface area contributed by atoms with Gasteiger partial charge in [0.05, 0.1) is 15.7 Å². The van der Waals surface area contributed by atoms with E-state index in [1.807, 2.05) is 12.1 Å². The Hall–Kier alpha value is -1.92. The zero-order valence-corrected chi connectivity index (χ0v) is 13.3. The lowest BCUT2D eigenvalue weighted by Crippen LogP contribution is -1.99. The summed E-state index contributed by atoms with van der Waals surface area (Å²) in [4.78, 5) is 12.7. The van der Waals surface area contributed by atoms with Gasteiger partial charge in [-0.25, -0.2) is 4.98 Å². The van der Waals surface area contributed by atoms with Gasteiger partial charge in [-0.3, -0.25) is 4.98 Å². The number of rotatable bonds is 3. The summed E-state index contributed by atoms with van der Waals surface area (Å²) in [6.07, 6.45) is 3.32. The van der Waals surface area contributed by atoms with Gasteiger partial charge in [0.1, 0.15) is 5.52 Å². The Morgan fingerprint density at radius 2 is 2.10 bits per heavy atom. The summed E-state index contributed by atoms with van der Waals surface area (Å²) in [6, 6.07) is 7.27. The van der Waals surface area contributed by atoms with E-state index in [1.165, 1.54) is 0 Å². The van der Waals surface area contributed by atoms with E-state index in [1.54, 1.807) is 31.6 Å². The number of ether oxygens (including phenoxy) is 1. The summed E-state index contributed by atoms with van der Waals surface area (Å²) in [5, 5.41) is 4.32. The van der Waals surface area contributed by atoms with Crippen LogP contribution in [0.25, 0.3) is 10.9 Å². The van der Waals surface area contributed by atoms with Crippen molar-refractivity contribution in [1.29, 1.82) is 0 Å². The summed E-state index contributed by atoms with van der Waals surface area (Å²) in [6.45, 7) is 0. The van der Waals surface area contributed by atoms with Crippen LogP contribution in [0.2, 0.25) is 5.02 Å². The van der Waals surface area contributed by atoms with Crippen molar-refractivity contribution in [2.45, 2.75) is 0 Å².